The third-order valence-electron chi connectivity index (χ3n) is 5.14. The van der Waals surface area contributed by atoms with E-state index in [0.29, 0.717) is 47.0 Å². The summed E-state index contributed by atoms with van der Waals surface area (Å²) in [5.41, 5.74) is 2.51. The average Bonchev–Trinajstić information content (AvgIpc) is 3.21. The van der Waals surface area contributed by atoms with E-state index in [9.17, 15) is 8.42 Å². The van der Waals surface area contributed by atoms with E-state index >= 15 is 0 Å². The molecule has 0 saturated carbocycles. The Balaban J connectivity index is 1.86. The van der Waals surface area contributed by atoms with Crippen LogP contribution in [0.2, 0.25) is 0 Å². The lowest BCUT2D eigenvalue weighted by molar-refractivity contribution is 0.468. The number of rotatable bonds is 4. The highest BCUT2D eigenvalue weighted by Crippen LogP contribution is 2.41. The lowest BCUT2D eigenvalue weighted by Crippen LogP contribution is -2.28. The van der Waals surface area contributed by atoms with Gasteiger partial charge in [0.25, 0.3) is 0 Å². The topological polar surface area (TPSA) is 129 Å². The van der Waals surface area contributed by atoms with Crippen molar-refractivity contribution < 1.29 is 8.42 Å². The van der Waals surface area contributed by atoms with E-state index in [-0.39, 0.29) is 5.75 Å². The maximum absolute atomic E-state index is 13.0. The normalized spacial score (nSPS) is 18.0. The molecule has 0 bridgehead atoms. The summed E-state index contributed by atoms with van der Waals surface area (Å²) >= 11 is 0. The minimum Gasteiger partial charge on any atom is -0.261 e. The minimum absolute atomic E-state index is 0.119. The minimum atomic E-state index is -3.40. The molecule has 0 N–H and O–H groups in total. The fourth-order valence-corrected chi connectivity index (χ4v) is 5.63. The van der Waals surface area contributed by atoms with Crippen LogP contribution < -0.4 is 0 Å². The first kappa shape index (κ1) is 19.4. The predicted octanol–water partition coefficient (Wildman–Crippen LogP) is 2.35. The standard InChI is InChI=1S/C20H18N8O2S/c29-31(30)12-2-1-6-16(31)28-19(20-23-7-4-8-24-20)17(15-13-21-10-11-22-15)18(27-28)14-5-3-9-25-26-14/h3-5,7-11,13,16H,1-2,6,12H2. The van der Waals surface area contributed by atoms with Gasteiger partial charge < -0.3 is 0 Å². The van der Waals surface area contributed by atoms with E-state index < -0.39 is 15.2 Å². The first-order valence-corrected chi connectivity index (χ1v) is 11.5. The Morgan fingerprint density at radius 1 is 0.935 bits per heavy atom. The molecule has 1 aliphatic rings. The average molecular weight is 434 g/mol. The number of hydrogen-bond donors (Lipinski definition) is 0. The van der Waals surface area contributed by atoms with Crippen LogP contribution in [0.3, 0.4) is 0 Å². The zero-order valence-corrected chi connectivity index (χ0v) is 17.2. The molecule has 4 aromatic rings. The van der Waals surface area contributed by atoms with Gasteiger partial charge in [0.05, 0.1) is 23.2 Å². The monoisotopic (exact) mass is 434 g/mol. The summed E-state index contributed by atoms with van der Waals surface area (Å²) in [6.45, 7) is 0. The highest BCUT2D eigenvalue weighted by atomic mass is 32.2. The molecule has 156 valence electrons. The van der Waals surface area contributed by atoms with Crippen LogP contribution in [0.4, 0.5) is 0 Å². The van der Waals surface area contributed by atoms with E-state index in [1.807, 2.05) is 0 Å². The highest BCUT2D eigenvalue weighted by Gasteiger charge is 2.36. The zero-order valence-electron chi connectivity index (χ0n) is 16.4. The Bertz CT molecular complexity index is 1300. The van der Waals surface area contributed by atoms with Crippen molar-refractivity contribution in [3.05, 3.63) is 55.4 Å². The molecule has 0 radical (unpaired) electrons. The van der Waals surface area contributed by atoms with Crippen molar-refractivity contribution in [2.24, 2.45) is 0 Å². The van der Waals surface area contributed by atoms with Gasteiger partial charge in [-0.2, -0.15) is 10.2 Å². The number of sulfone groups is 1. The molecule has 0 spiro atoms. The van der Waals surface area contributed by atoms with Crippen molar-refractivity contribution in [3.63, 3.8) is 0 Å². The molecule has 5 rings (SSSR count). The van der Waals surface area contributed by atoms with Crippen molar-refractivity contribution in [2.45, 2.75) is 24.6 Å². The van der Waals surface area contributed by atoms with Crippen LogP contribution in [0.15, 0.2) is 55.4 Å². The van der Waals surface area contributed by atoms with E-state index in [4.69, 9.17) is 5.10 Å². The van der Waals surface area contributed by atoms with Crippen LogP contribution in [-0.4, -0.2) is 54.1 Å². The second kappa shape index (κ2) is 7.91. The van der Waals surface area contributed by atoms with Crippen molar-refractivity contribution in [3.8, 4) is 34.2 Å². The quantitative estimate of drug-likeness (QED) is 0.475. The molecule has 1 atom stereocenters. The van der Waals surface area contributed by atoms with E-state index in [1.54, 1.807) is 55.4 Å². The molecule has 4 aromatic heterocycles. The van der Waals surface area contributed by atoms with Gasteiger partial charge in [-0.1, -0.05) is 0 Å². The Hall–Kier alpha value is -3.60. The lowest BCUT2D eigenvalue weighted by Gasteiger charge is -2.24. The van der Waals surface area contributed by atoms with Gasteiger partial charge in [-0.05, 0) is 37.5 Å². The van der Waals surface area contributed by atoms with Crippen molar-refractivity contribution >= 4 is 9.84 Å². The maximum Gasteiger partial charge on any atom is 0.178 e. The van der Waals surface area contributed by atoms with Gasteiger partial charge in [-0.15, -0.1) is 5.10 Å². The van der Waals surface area contributed by atoms with Gasteiger partial charge in [-0.3, -0.25) is 9.97 Å². The predicted molar refractivity (Wildman–Crippen MR) is 112 cm³/mol. The fourth-order valence-electron chi connectivity index (χ4n) is 3.77. The number of aromatic nitrogens is 8. The van der Waals surface area contributed by atoms with Gasteiger partial charge in [0, 0.05) is 31.0 Å². The number of nitrogens with zero attached hydrogens (tertiary/aromatic N) is 8. The van der Waals surface area contributed by atoms with Gasteiger partial charge in [0.1, 0.15) is 17.1 Å². The molecule has 0 aromatic carbocycles. The maximum atomic E-state index is 13.0. The summed E-state index contributed by atoms with van der Waals surface area (Å²) in [6, 6.07) is 5.22. The summed E-state index contributed by atoms with van der Waals surface area (Å²) in [5, 5.41) is 12.1. The Kier molecular flexibility index (Phi) is 4.94. The molecule has 5 heterocycles. The van der Waals surface area contributed by atoms with Crippen molar-refractivity contribution in [1.82, 2.24) is 39.9 Å². The Labute approximate surface area is 178 Å². The smallest absolute Gasteiger partial charge is 0.178 e. The highest BCUT2D eigenvalue weighted by molar-refractivity contribution is 7.91. The van der Waals surface area contributed by atoms with Gasteiger partial charge in [-0.25, -0.2) is 23.1 Å². The SMILES string of the molecule is O=S1(=O)CCCCC1n1nc(-c2cccnn2)c(-c2cnccn2)c1-c1ncccn1. The molecule has 0 aliphatic carbocycles. The summed E-state index contributed by atoms with van der Waals surface area (Å²) < 4.78 is 27.5. The molecule has 10 nitrogen and oxygen atoms in total. The van der Waals surface area contributed by atoms with Crippen LogP contribution >= 0.6 is 0 Å². The largest absolute Gasteiger partial charge is 0.261 e. The Morgan fingerprint density at radius 2 is 1.81 bits per heavy atom. The molecule has 1 fully saturated rings. The number of hydrogen-bond acceptors (Lipinski definition) is 9. The van der Waals surface area contributed by atoms with Gasteiger partial charge >= 0.3 is 0 Å². The van der Waals surface area contributed by atoms with Crippen molar-refractivity contribution in [2.75, 3.05) is 5.75 Å². The molecule has 1 saturated heterocycles. The van der Waals surface area contributed by atoms with Gasteiger partial charge in [0.15, 0.2) is 21.0 Å². The lowest BCUT2D eigenvalue weighted by atomic mass is 10.1. The molecule has 0 amide bonds. The summed E-state index contributed by atoms with van der Waals surface area (Å²) in [6.07, 6.45) is 11.4. The van der Waals surface area contributed by atoms with Crippen LogP contribution in [0.25, 0.3) is 34.2 Å². The summed E-state index contributed by atoms with van der Waals surface area (Å²) in [7, 11) is -3.40. The fraction of sp³-hybridized carbons (Fsp3) is 0.250. The summed E-state index contributed by atoms with van der Waals surface area (Å²) in [4.78, 5) is 17.4. The van der Waals surface area contributed by atoms with Crippen LogP contribution in [-0.2, 0) is 9.84 Å². The first-order valence-electron chi connectivity index (χ1n) is 9.81. The first-order chi connectivity index (χ1) is 15.1. The van der Waals surface area contributed by atoms with Crippen molar-refractivity contribution in [1.29, 1.82) is 0 Å². The molecule has 31 heavy (non-hydrogen) atoms. The zero-order chi connectivity index (χ0) is 21.3. The molecular formula is C20H18N8O2S. The summed E-state index contributed by atoms with van der Waals surface area (Å²) in [5.74, 6) is 0.472. The van der Waals surface area contributed by atoms with E-state index in [1.165, 1.54) is 4.68 Å². The molecule has 1 aliphatic heterocycles. The van der Waals surface area contributed by atoms with E-state index in [0.717, 1.165) is 6.42 Å². The van der Waals surface area contributed by atoms with Crippen LogP contribution in [0.1, 0.15) is 24.6 Å². The molecule has 11 heteroatoms. The second-order valence-corrected chi connectivity index (χ2v) is 9.38. The molecular weight excluding hydrogens is 416 g/mol. The molecule has 1 unspecified atom stereocenters. The second-order valence-electron chi connectivity index (χ2n) is 7.11. The van der Waals surface area contributed by atoms with Crippen LogP contribution in [0.5, 0.6) is 0 Å². The third-order valence-corrected chi connectivity index (χ3v) is 7.26. The third kappa shape index (κ3) is 3.56. The van der Waals surface area contributed by atoms with Gasteiger partial charge in [0.2, 0.25) is 0 Å². The van der Waals surface area contributed by atoms with Crippen LogP contribution in [0, 0.1) is 0 Å². The van der Waals surface area contributed by atoms with E-state index in [2.05, 4.69) is 30.1 Å². The Morgan fingerprint density at radius 3 is 2.52 bits per heavy atom.